The van der Waals surface area contributed by atoms with Gasteiger partial charge in [0.15, 0.2) is 5.83 Å². The second-order valence-electron chi connectivity index (χ2n) is 7.80. The molecule has 1 spiro atoms. The van der Waals surface area contributed by atoms with E-state index in [9.17, 15) is 21.6 Å². The third-order valence-corrected chi connectivity index (χ3v) is 6.84. The number of primary sulfonamides is 1. The van der Waals surface area contributed by atoms with Gasteiger partial charge in [0.1, 0.15) is 5.83 Å². The summed E-state index contributed by atoms with van der Waals surface area (Å²) in [6.07, 6.45) is 3.32. The van der Waals surface area contributed by atoms with E-state index in [-0.39, 0.29) is 15.9 Å². The Kier molecular flexibility index (Phi) is 4.37. The van der Waals surface area contributed by atoms with E-state index in [0.29, 0.717) is 18.4 Å². The lowest BCUT2D eigenvalue weighted by Crippen LogP contribution is -2.29. The van der Waals surface area contributed by atoms with Gasteiger partial charge in [0, 0.05) is 12.7 Å². The average Bonchev–Trinajstić information content (AvgIpc) is 3.29. The molecule has 0 bridgehead atoms. The quantitative estimate of drug-likeness (QED) is 0.796. The van der Waals surface area contributed by atoms with Gasteiger partial charge in [-0.2, -0.15) is 0 Å². The third kappa shape index (κ3) is 3.23. The lowest BCUT2D eigenvalue weighted by Gasteiger charge is -2.26. The zero-order valence-corrected chi connectivity index (χ0v) is 16.1. The van der Waals surface area contributed by atoms with Gasteiger partial charge in [0.25, 0.3) is 5.85 Å². The molecule has 3 aliphatic carbocycles. The molecule has 0 amide bonds. The Morgan fingerprint density at radius 3 is 2.18 bits per heavy atom. The molecule has 0 aliphatic heterocycles. The molecule has 0 radical (unpaired) electrons. The third-order valence-electron chi connectivity index (χ3n) is 5.91. The zero-order valence-electron chi connectivity index (χ0n) is 15.3. The summed E-state index contributed by atoms with van der Waals surface area (Å²) in [4.78, 5) is -0.0196. The zero-order chi connectivity index (χ0) is 20.3. The molecule has 1 aromatic carbocycles. The predicted molar refractivity (Wildman–Crippen MR) is 98.4 cm³/mol. The lowest BCUT2D eigenvalue weighted by molar-refractivity contribution is -0.107. The highest BCUT2D eigenvalue weighted by Crippen LogP contribution is 2.63. The Morgan fingerprint density at radius 1 is 1.04 bits per heavy atom. The van der Waals surface area contributed by atoms with Crippen molar-refractivity contribution in [3.8, 4) is 0 Å². The van der Waals surface area contributed by atoms with Gasteiger partial charge >= 0.3 is 0 Å². The first-order valence-electron chi connectivity index (χ1n) is 8.93. The first-order valence-corrected chi connectivity index (χ1v) is 10.5. The average molecular weight is 411 g/mol. The number of sulfonamides is 1. The highest BCUT2D eigenvalue weighted by atomic mass is 32.2. The van der Waals surface area contributed by atoms with Crippen LogP contribution in [0.15, 0.2) is 58.0 Å². The smallest absolute Gasteiger partial charge is 0.267 e. The molecule has 1 atom stereocenters. The molecule has 1 unspecified atom stereocenters. The molecule has 28 heavy (non-hydrogen) atoms. The number of halogens is 3. The van der Waals surface area contributed by atoms with Crippen LogP contribution in [0.5, 0.6) is 0 Å². The highest BCUT2D eigenvalue weighted by Gasteiger charge is 2.50. The first-order chi connectivity index (χ1) is 13.1. The van der Waals surface area contributed by atoms with Gasteiger partial charge in [0.05, 0.1) is 11.3 Å². The van der Waals surface area contributed by atoms with Crippen LogP contribution in [0.2, 0.25) is 0 Å². The Hall–Kier alpha value is -1.90. The topological polar surface area (TPSA) is 69.4 Å². The fraction of sp³-hybridized carbons (Fsp3) is 0.400. The van der Waals surface area contributed by atoms with Crippen molar-refractivity contribution in [2.24, 2.45) is 10.6 Å². The molecule has 150 valence electrons. The summed E-state index contributed by atoms with van der Waals surface area (Å²) < 4.78 is 70.8. The van der Waals surface area contributed by atoms with E-state index < -0.39 is 34.0 Å². The SMILES string of the molecule is COC1(F)CC(F)=C(C2=C(c3ccc(S(N)(=O)=O)cc3)CC3(CC3)C2)C=C1F. The minimum Gasteiger partial charge on any atom is -0.344 e. The number of benzene rings is 1. The summed E-state index contributed by atoms with van der Waals surface area (Å²) in [5.41, 5.74) is 2.30. The highest BCUT2D eigenvalue weighted by molar-refractivity contribution is 7.89. The van der Waals surface area contributed by atoms with Crippen LogP contribution >= 0.6 is 0 Å². The number of ether oxygens (including phenoxy) is 1. The van der Waals surface area contributed by atoms with Gasteiger partial charge in [0.2, 0.25) is 10.0 Å². The van der Waals surface area contributed by atoms with Crippen molar-refractivity contribution < 1.29 is 26.3 Å². The molecule has 2 N–H and O–H groups in total. The molecule has 8 heteroatoms. The molecule has 3 aliphatic rings. The van der Waals surface area contributed by atoms with Crippen molar-refractivity contribution in [1.29, 1.82) is 0 Å². The predicted octanol–water partition coefficient (Wildman–Crippen LogP) is 4.45. The molecule has 0 saturated heterocycles. The normalized spacial score (nSPS) is 26.8. The second kappa shape index (κ2) is 6.30. The van der Waals surface area contributed by atoms with E-state index in [2.05, 4.69) is 4.74 Å². The van der Waals surface area contributed by atoms with Crippen molar-refractivity contribution in [3.05, 3.63) is 58.7 Å². The maximum atomic E-state index is 14.8. The Bertz CT molecular complexity index is 1040. The van der Waals surface area contributed by atoms with Crippen LogP contribution in [0.1, 0.15) is 37.7 Å². The number of rotatable bonds is 4. The largest absolute Gasteiger partial charge is 0.344 e. The molecule has 1 saturated carbocycles. The van der Waals surface area contributed by atoms with E-state index in [1.165, 1.54) is 12.1 Å². The van der Waals surface area contributed by atoms with Crippen molar-refractivity contribution >= 4 is 15.6 Å². The summed E-state index contributed by atoms with van der Waals surface area (Å²) in [6.45, 7) is 0. The molecular weight excluding hydrogens is 391 g/mol. The van der Waals surface area contributed by atoms with E-state index >= 15 is 0 Å². The van der Waals surface area contributed by atoms with Crippen LogP contribution in [0.25, 0.3) is 5.57 Å². The summed E-state index contributed by atoms with van der Waals surface area (Å²) in [5.74, 6) is -4.68. The number of methoxy groups -OCH3 is 1. The van der Waals surface area contributed by atoms with Gasteiger partial charge in [-0.05, 0) is 66.0 Å². The molecular formula is C20H20F3NO3S. The van der Waals surface area contributed by atoms with E-state index in [1.54, 1.807) is 12.1 Å². The van der Waals surface area contributed by atoms with E-state index in [1.807, 2.05) is 0 Å². The first kappa shape index (κ1) is 19.4. The molecule has 1 fully saturated rings. The van der Waals surface area contributed by atoms with Crippen LogP contribution in [-0.2, 0) is 14.8 Å². The summed E-state index contributed by atoms with van der Waals surface area (Å²) in [5, 5.41) is 5.14. The minimum atomic E-state index is -3.82. The fourth-order valence-corrected chi connectivity index (χ4v) is 4.56. The maximum Gasteiger partial charge on any atom is 0.267 e. The van der Waals surface area contributed by atoms with Gasteiger partial charge in [-0.1, -0.05) is 12.1 Å². The van der Waals surface area contributed by atoms with E-state index in [0.717, 1.165) is 37.2 Å². The molecule has 4 rings (SSSR count). The molecule has 0 aromatic heterocycles. The van der Waals surface area contributed by atoms with Crippen LogP contribution in [0.3, 0.4) is 0 Å². The fourth-order valence-electron chi connectivity index (χ4n) is 4.05. The maximum absolute atomic E-state index is 14.8. The summed E-state index contributed by atoms with van der Waals surface area (Å²) >= 11 is 0. The number of hydrogen-bond donors (Lipinski definition) is 1. The van der Waals surface area contributed by atoms with Crippen molar-refractivity contribution in [2.45, 2.75) is 42.9 Å². The number of hydrogen-bond acceptors (Lipinski definition) is 3. The van der Waals surface area contributed by atoms with Gasteiger partial charge in [-0.3, -0.25) is 0 Å². The Balaban J connectivity index is 1.78. The lowest BCUT2D eigenvalue weighted by atomic mass is 9.90. The minimum absolute atomic E-state index is 0.0196. The summed E-state index contributed by atoms with van der Waals surface area (Å²) in [6, 6.07) is 6.03. The van der Waals surface area contributed by atoms with Crippen molar-refractivity contribution in [3.63, 3.8) is 0 Å². The Morgan fingerprint density at radius 2 is 1.64 bits per heavy atom. The number of nitrogens with two attached hydrogens (primary N) is 1. The van der Waals surface area contributed by atoms with Crippen LogP contribution < -0.4 is 5.14 Å². The van der Waals surface area contributed by atoms with Crippen molar-refractivity contribution in [2.75, 3.05) is 7.11 Å². The van der Waals surface area contributed by atoms with Gasteiger partial charge in [-0.25, -0.2) is 26.7 Å². The number of alkyl halides is 1. The van der Waals surface area contributed by atoms with Crippen LogP contribution in [0, 0.1) is 5.41 Å². The molecule has 4 nitrogen and oxygen atoms in total. The van der Waals surface area contributed by atoms with Crippen LogP contribution in [0.4, 0.5) is 13.2 Å². The monoisotopic (exact) mass is 411 g/mol. The standard InChI is InChI=1S/C20H20F3NO3S/c1-27-20(23)11-17(21)14(8-18(20)22)16-10-19(6-7-19)9-15(16)12-2-4-13(5-3-12)28(24,25)26/h2-5,8H,6-7,9-11H2,1H3,(H2,24,25,26). The van der Waals surface area contributed by atoms with E-state index in [4.69, 9.17) is 5.14 Å². The van der Waals surface area contributed by atoms with Gasteiger partial charge in [-0.15, -0.1) is 0 Å². The summed E-state index contributed by atoms with van der Waals surface area (Å²) in [7, 11) is -2.82. The molecule has 1 aromatic rings. The second-order valence-corrected chi connectivity index (χ2v) is 9.36. The van der Waals surface area contributed by atoms with Crippen molar-refractivity contribution in [1.82, 2.24) is 0 Å². The molecule has 0 heterocycles. The van der Waals surface area contributed by atoms with Crippen LogP contribution in [-0.4, -0.2) is 21.4 Å². The Labute approximate surface area is 161 Å². The number of allylic oxidation sites excluding steroid dienone is 4. The van der Waals surface area contributed by atoms with Gasteiger partial charge < -0.3 is 4.74 Å².